The summed E-state index contributed by atoms with van der Waals surface area (Å²) in [4.78, 5) is 0. The molecule has 0 bridgehead atoms. The van der Waals surface area contributed by atoms with Crippen LogP contribution in [0.5, 0.6) is 0 Å². The van der Waals surface area contributed by atoms with Crippen molar-refractivity contribution in [3.8, 4) is 0 Å². The van der Waals surface area contributed by atoms with Gasteiger partial charge in [-0.05, 0) is 29.5 Å². The van der Waals surface area contributed by atoms with E-state index in [4.69, 9.17) is 16.8 Å². The van der Waals surface area contributed by atoms with Crippen LogP contribution in [0.4, 0.5) is 4.39 Å². The highest BCUT2D eigenvalue weighted by Crippen LogP contribution is 2.22. The maximum Gasteiger partial charge on any atom is 0.178 e. The lowest BCUT2D eigenvalue weighted by Crippen LogP contribution is -2.10. The molecule has 0 aromatic heterocycles. The van der Waals surface area contributed by atoms with Gasteiger partial charge in [0.05, 0.1) is 5.56 Å². The largest absolute Gasteiger partial charge is 0.410 e. The number of rotatable bonds is 2. The third-order valence-electron chi connectivity index (χ3n) is 2.08. The van der Waals surface area contributed by atoms with E-state index < -0.39 is 5.82 Å². The predicted octanol–water partition coefficient (Wildman–Crippen LogP) is 3.79. The second kappa shape index (κ2) is 4.83. The van der Waals surface area contributed by atoms with Gasteiger partial charge >= 0.3 is 0 Å². The summed E-state index contributed by atoms with van der Waals surface area (Å²) in [6.45, 7) is 6.25. The van der Waals surface area contributed by atoms with Crippen LogP contribution in [0.15, 0.2) is 23.4 Å². The van der Waals surface area contributed by atoms with E-state index in [1.807, 2.05) is 0 Å². The van der Waals surface area contributed by atoms with Gasteiger partial charge in [0.15, 0.2) is 5.17 Å². The van der Waals surface area contributed by atoms with Gasteiger partial charge in [-0.3, -0.25) is 0 Å². The number of hydrogen-bond acceptors (Lipinski definition) is 2. The molecule has 0 atom stereocenters. The Kier molecular flexibility index (Phi) is 3.92. The van der Waals surface area contributed by atoms with Gasteiger partial charge in [0.2, 0.25) is 0 Å². The van der Waals surface area contributed by atoms with E-state index in [1.54, 1.807) is 6.07 Å². The van der Waals surface area contributed by atoms with Crippen molar-refractivity contribution in [2.75, 3.05) is 0 Å². The van der Waals surface area contributed by atoms with Gasteiger partial charge in [0, 0.05) is 0 Å². The van der Waals surface area contributed by atoms with E-state index in [-0.39, 0.29) is 16.1 Å². The number of halogens is 2. The van der Waals surface area contributed by atoms with Crippen LogP contribution < -0.4 is 0 Å². The topological polar surface area (TPSA) is 32.6 Å². The summed E-state index contributed by atoms with van der Waals surface area (Å²) < 4.78 is 13.6. The third-order valence-corrected chi connectivity index (χ3v) is 2.36. The molecule has 0 aliphatic rings. The van der Waals surface area contributed by atoms with Crippen molar-refractivity contribution in [3.05, 3.63) is 35.1 Å². The van der Waals surface area contributed by atoms with E-state index in [2.05, 4.69) is 25.9 Å². The molecule has 0 heterocycles. The van der Waals surface area contributed by atoms with Crippen molar-refractivity contribution in [1.29, 1.82) is 0 Å². The van der Waals surface area contributed by atoms with Crippen LogP contribution in [0.25, 0.3) is 0 Å². The standard InChI is InChI=1S/C12H15ClFNO/c1-12(2,3)7-8-4-5-9(10(14)6-8)11(13)15-16/h4-6,16H,7H2,1-3H3. The van der Waals surface area contributed by atoms with Crippen LogP contribution in [0.3, 0.4) is 0 Å². The number of oxime groups is 1. The maximum atomic E-state index is 13.6. The minimum absolute atomic E-state index is 0.100. The zero-order valence-electron chi connectivity index (χ0n) is 9.59. The van der Waals surface area contributed by atoms with Crippen LogP contribution in [-0.4, -0.2) is 10.4 Å². The summed E-state index contributed by atoms with van der Waals surface area (Å²) in [7, 11) is 0. The van der Waals surface area contributed by atoms with Crippen LogP contribution in [-0.2, 0) is 6.42 Å². The molecule has 1 rings (SSSR count). The Bertz CT molecular complexity index is 410. The number of benzene rings is 1. The lowest BCUT2D eigenvalue weighted by Gasteiger charge is -2.18. The summed E-state index contributed by atoms with van der Waals surface area (Å²) >= 11 is 5.54. The molecule has 0 fully saturated rings. The molecule has 1 aromatic rings. The summed E-state index contributed by atoms with van der Waals surface area (Å²) in [6.07, 6.45) is 0.776. The number of hydrogen-bond donors (Lipinski definition) is 1. The van der Waals surface area contributed by atoms with Crippen LogP contribution >= 0.6 is 11.6 Å². The van der Waals surface area contributed by atoms with Crippen LogP contribution in [0.1, 0.15) is 31.9 Å². The van der Waals surface area contributed by atoms with Crippen molar-refractivity contribution < 1.29 is 9.60 Å². The highest BCUT2D eigenvalue weighted by Gasteiger charge is 2.14. The zero-order chi connectivity index (χ0) is 12.3. The first-order valence-corrected chi connectivity index (χ1v) is 5.37. The Morgan fingerprint density at radius 1 is 1.44 bits per heavy atom. The molecule has 1 aromatic carbocycles. The van der Waals surface area contributed by atoms with Gasteiger partial charge in [0.1, 0.15) is 5.82 Å². The minimum Gasteiger partial charge on any atom is -0.410 e. The molecule has 2 nitrogen and oxygen atoms in total. The fourth-order valence-electron chi connectivity index (χ4n) is 1.50. The molecular formula is C12H15ClFNO. The van der Waals surface area contributed by atoms with Gasteiger partial charge in [-0.15, -0.1) is 0 Å². The molecule has 0 aliphatic heterocycles. The summed E-state index contributed by atoms with van der Waals surface area (Å²) in [5.74, 6) is -0.468. The Morgan fingerprint density at radius 2 is 2.06 bits per heavy atom. The van der Waals surface area contributed by atoms with Crippen LogP contribution in [0, 0.1) is 11.2 Å². The van der Waals surface area contributed by atoms with Crippen molar-refractivity contribution >= 4 is 16.8 Å². The van der Waals surface area contributed by atoms with Gasteiger partial charge in [-0.2, -0.15) is 0 Å². The molecule has 0 radical (unpaired) electrons. The maximum absolute atomic E-state index is 13.6. The average molecular weight is 244 g/mol. The first kappa shape index (κ1) is 13.0. The molecule has 0 saturated carbocycles. The Labute approximate surface area is 99.7 Å². The number of nitrogens with zero attached hydrogens (tertiary/aromatic N) is 1. The highest BCUT2D eigenvalue weighted by molar-refractivity contribution is 6.69. The van der Waals surface area contributed by atoms with E-state index >= 15 is 0 Å². The van der Waals surface area contributed by atoms with Crippen LogP contribution in [0.2, 0.25) is 0 Å². The third kappa shape index (κ3) is 3.49. The van der Waals surface area contributed by atoms with E-state index in [0.29, 0.717) is 0 Å². The second-order valence-corrected chi connectivity index (χ2v) is 5.30. The first-order valence-electron chi connectivity index (χ1n) is 5.00. The summed E-state index contributed by atoms with van der Waals surface area (Å²) in [5, 5.41) is 11.0. The lowest BCUT2D eigenvalue weighted by molar-refractivity contribution is 0.320. The Morgan fingerprint density at radius 3 is 2.50 bits per heavy atom. The average Bonchev–Trinajstić information content (AvgIpc) is 2.14. The fraction of sp³-hybridized carbons (Fsp3) is 0.417. The highest BCUT2D eigenvalue weighted by atomic mass is 35.5. The molecule has 88 valence electrons. The monoisotopic (exact) mass is 243 g/mol. The van der Waals surface area contributed by atoms with Crippen molar-refractivity contribution in [1.82, 2.24) is 0 Å². The smallest absolute Gasteiger partial charge is 0.178 e. The van der Waals surface area contributed by atoms with E-state index in [1.165, 1.54) is 12.1 Å². The molecule has 0 saturated heterocycles. The summed E-state index contributed by atoms with van der Waals surface area (Å²) in [5.41, 5.74) is 1.11. The normalized spacial score (nSPS) is 12.9. The quantitative estimate of drug-likeness (QED) is 0.478. The van der Waals surface area contributed by atoms with Gasteiger partial charge < -0.3 is 5.21 Å². The Balaban J connectivity index is 3.00. The molecule has 0 spiro atoms. The molecule has 1 N–H and O–H groups in total. The zero-order valence-corrected chi connectivity index (χ0v) is 10.3. The van der Waals surface area contributed by atoms with E-state index in [9.17, 15) is 4.39 Å². The molecule has 0 unspecified atom stereocenters. The molecular weight excluding hydrogens is 229 g/mol. The van der Waals surface area contributed by atoms with Gasteiger partial charge in [-0.25, -0.2) is 4.39 Å². The first-order chi connectivity index (χ1) is 7.33. The predicted molar refractivity (Wildman–Crippen MR) is 63.7 cm³/mol. The molecule has 16 heavy (non-hydrogen) atoms. The molecule has 4 heteroatoms. The Hall–Kier alpha value is -1.09. The minimum atomic E-state index is -0.468. The van der Waals surface area contributed by atoms with Gasteiger partial charge in [-0.1, -0.05) is 43.6 Å². The summed E-state index contributed by atoms with van der Waals surface area (Å²) in [6, 6.07) is 4.74. The van der Waals surface area contributed by atoms with Gasteiger partial charge in [0.25, 0.3) is 0 Å². The lowest BCUT2D eigenvalue weighted by atomic mass is 9.88. The molecule has 0 aliphatic carbocycles. The van der Waals surface area contributed by atoms with Crippen molar-refractivity contribution in [2.45, 2.75) is 27.2 Å². The SMILES string of the molecule is CC(C)(C)Cc1ccc(C(Cl)=NO)c(F)c1. The second-order valence-electron chi connectivity index (χ2n) is 4.94. The van der Waals surface area contributed by atoms with Crippen molar-refractivity contribution in [2.24, 2.45) is 10.6 Å². The molecule has 0 amide bonds. The fourth-order valence-corrected chi connectivity index (χ4v) is 1.66. The van der Waals surface area contributed by atoms with E-state index in [0.717, 1.165) is 12.0 Å². The van der Waals surface area contributed by atoms with Crippen molar-refractivity contribution in [3.63, 3.8) is 0 Å².